The Hall–Kier alpha value is -2.21. The summed E-state index contributed by atoms with van der Waals surface area (Å²) in [4.78, 5) is 41.4. The van der Waals surface area contributed by atoms with Crippen LogP contribution in [0.25, 0.3) is 0 Å². The molecule has 1 aliphatic rings. The van der Waals surface area contributed by atoms with E-state index in [4.69, 9.17) is 18.3 Å². The Morgan fingerprint density at radius 1 is 1.05 bits per heavy atom. The lowest BCUT2D eigenvalue weighted by Crippen LogP contribution is -2.53. The minimum absolute atomic E-state index is 0.124. The highest BCUT2D eigenvalue weighted by atomic mass is 28.4. The minimum Gasteiger partial charge on any atom is -0.444 e. The number of anilines is 1. The fourth-order valence-corrected chi connectivity index (χ4v) is 6.01. The molecule has 0 aromatic carbocycles. The number of carbonyl (C=O) groups excluding carboxylic acids is 2. The van der Waals surface area contributed by atoms with Crippen LogP contribution in [0.4, 0.5) is 19.4 Å². The van der Waals surface area contributed by atoms with Crippen LogP contribution in [0, 0.1) is 0 Å². The molecule has 2 N–H and O–H groups in total. The maximum atomic E-state index is 16.2. The Balaban J connectivity index is 2.34. The SMILES string of the molecule is C[C@H](NC(=O)OC(C)(C)C)C(=O)Nc1ccn([C@@H]2O[C@H](CO[Si](C)(C)C(C)(C)C)[C@@H](O[Si](C)(C)C(C)(C)C)C2(F)F)c(=O)n1. The number of hydrogen-bond donors (Lipinski definition) is 2. The van der Waals surface area contributed by atoms with Gasteiger partial charge in [0.1, 0.15) is 29.7 Å². The number of ether oxygens (including phenoxy) is 2. The average molecular weight is 663 g/mol. The van der Waals surface area contributed by atoms with E-state index >= 15 is 8.78 Å². The van der Waals surface area contributed by atoms with Gasteiger partial charge in [-0.3, -0.25) is 9.36 Å². The molecule has 11 nitrogen and oxygen atoms in total. The molecule has 44 heavy (non-hydrogen) atoms. The van der Waals surface area contributed by atoms with Crippen molar-refractivity contribution in [3.63, 3.8) is 0 Å². The minimum atomic E-state index is -3.61. The second-order valence-corrected chi connectivity index (χ2v) is 25.0. The molecule has 4 atom stereocenters. The van der Waals surface area contributed by atoms with Gasteiger partial charge in [0.15, 0.2) is 16.6 Å². The van der Waals surface area contributed by atoms with E-state index < -0.39 is 70.3 Å². The Labute approximate surface area is 262 Å². The lowest BCUT2D eigenvalue weighted by atomic mass is 10.1. The number of alkyl halides is 2. The molecule has 1 saturated heterocycles. The predicted octanol–water partition coefficient (Wildman–Crippen LogP) is 6.04. The van der Waals surface area contributed by atoms with Gasteiger partial charge in [0.2, 0.25) is 12.1 Å². The van der Waals surface area contributed by atoms with Gasteiger partial charge in [-0.1, -0.05) is 41.5 Å². The van der Waals surface area contributed by atoms with Gasteiger partial charge in [0.05, 0.1) is 6.61 Å². The summed E-state index contributed by atoms with van der Waals surface area (Å²) in [6.45, 7) is 26.2. The van der Waals surface area contributed by atoms with Crippen molar-refractivity contribution in [3.8, 4) is 0 Å². The first kappa shape index (κ1) is 38.0. The summed E-state index contributed by atoms with van der Waals surface area (Å²) >= 11 is 0. The number of alkyl carbamates (subject to hydrolysis) is 1. The van der Waals surface area contributed by atoms with Crippen molar-refractivity contribution in [1.29, 1.82) is 0 Å². The summed E-state index contributed by atoms with van der Waals surface area (Å²) in [5.41, 5.74) is -1.82. The number of amides is 2. The monoisotopic (exact) mass is 662 g/mol. The molecule has 0 spiro atoms. The molecule has 2 heterocycles. The second-order valence-electron chi connectivity index (χ2n) is 15.4. The second kappa shape index (κ2) is 12.9. The van der Waals surface area contributed by atoms with Crippen LogP contribution in [-0.2, 0) is 23.1 Å². The third-order valence-electron chi connectivity index (χ3n) is 8.45. The van der Waals surface area contributed by atoms with Gasteiger partial charge in [-0.25, -0.2) is 9.59 Å². The first-order chi connectivity index (χ1) is 19.6. The molecule has 1 aromatic heterocycles. The van der Waals surface area contributed by atoms with Gasteiger partial charge in [-0.15, -0.1) is 0 Å². The Bertz CT molecular complexity index is 1250. The van der Waals surface area contributed by atoms with Gasteiger partial charge in [0.25, 0.3) is 0 Å². The molecule has 1 aliphatic heterocycles. The largest absolute Gasteiger partial charge is 0.444 e. The van der Waals surface area contributed by atoms with Gasteiger partial charge in [-0.05, 0) is 70.0 Å². The quantitative estimate of drug-likeness (QED) is 0.306. The van der Waals surface area contributed by atoms with Crippen molar-refractivity contribution < 1.29 is 36.7 Å². The maximum Gasteiger partial charge on any atom is 0.408 e. The number of carbonyl (C=O) groups is 2. The lowest BCUT2D eigenvalue weighted by molar-refractivity contribution is -0.138. The summed E-state index contributed by atoms with van der Waals surface area (Å²) in [7, 11) is -5.05. The zero-order valence-corrected chi connectivity index (χ0v) is 30.7. The first-order valence-corrected chi connectivity index (χ1v) is 20.7. The van der Waals surface area contributed by atoms with E-state index in [1.54, 1.807) is 20.8 Å². The summed E-state index contributed by atoms with van der Waals surface area (Å²) in [5, 5.41) is 4.27. The standard InChI is InChI=1S/C29H52F2N4O7Si2/c1-18(32-25(38)41-26(2,3)4)22(36)33-20-15-16-35(24(37)34-20)23-29(30,31)21(42-44(13,14)28(8,9)10)19(40-23)17-39-43(11,12)27(5,6)7/h15-16,18-19,21,23H,17H2,1-14H3,(H,32,38)(H,33,34,36,37)/t18-,19+,21+,23+/m0/s1. The highest BCUT2D eigenvalue weighted by Crippen LogP contribution is 2.48. The fourth-order valence-electron chi connectivity index (χ4n) is 3.69. The molecule has 0 radical (unpaired) electrons. The number of hydrogen-bond acceptors (Lipinski definition) is 8. The molecule has 1 fully saturated rings. The van der Waals surface area contributed by atoms with Crippen molar-refractivity contribution in [1.82, 2.24) is 14.9 Å². The van der Waals surface area contributed by atoms with Crippen molar-refractivity contribution in [3.05, 3.63) is 22.7 Å². The normalized spacial score (nSPS) is 22.0. The van der Waals surface area contributed by atoms with Crippen LogP contribution in [-0.4, -0.2) is 74.6 Å². The third-order valence-corrected chi connectivity index (χ3v) is 17.4. The van der Waals surface area contributed by atoms with Crippen molar-refractivity contribution in [2.24, 2.45) is 0 Å². The van der Waals surface area contributed by atoms with E-state index in [2.05, 4.69) is 36.4 Å². The zero-order chi connectivity index (χ0) is 34.3. The number of aromatic nitrogens is 2. The van der Waals surface area contributed by atoms with Crippen LogP contribution in [0.5, 0.6) is 0 Å². The van der Waals surface area contributed by atoms with E-state index in [1.807, 2.05) is 47.0 Å². The van der Waals surface area contributed by atoms with E-state index in [1.165, 1.54) is 13.0 Å². The van der Waals surface area contributed by atoms with Crippen molar-refractivity contribution in [2.75, 3.05) is 11.9 Å². The number of nitrogens with one attached hydrogen (secondary N) is 2. The molecule has 0 unspecified atom stereocenters. The molecule has 0 bridgehead atoms. The molecular formula is C29H52F2N4O7Si2. The molecule has 0 aliphatic carbocycles. The highest BCUT2D eigenvalue weighted by Gasteiger charge is 2.63. The molecular weight excluding hydrogens is 611 g/mol. The van der Waals surface area contributed by atoms with E-state index in [9.17, 15) is 14.4 Å². The number of halogens is 2. The predicted molar refractivity (Wildman–Crippen MR) is 170 cm³/mol. The van der Waals surface area contributed by atoms with Gasteiger partial charge in [-0.2, -0.15) is 13.8 Å². The van der Waals surface area contributed by atoms with Gasteiger partial charge in [0, 0.05) is 6.20 Å². The maximum absolute atomic E-state index is 16.2. The first-order valence-electron chi connectivity index (χ1n) is 14.8. The molecule has 15 heteroatoms. The number of rotatable bonds is 9. The lowest BCUT2D eigenvalue weighted by Gasteiger charge is -2.41. The van der Waals surface area contributed by atoms with Crippen LogP contribution < -0.4 is 16.3 Å². The van der Waals surface area contributed by atoms with E-state index in [0.29, 0.717) is 4.57 Å². The van der Waals surface area contributed by atoms with Crippen molar-refractivity contribution >= 4 is 34.5 Å². The Morgan fingerprint density at radius 3 is 2.07 bits per heavy atom. The molecule has 252 valence electrons. The zero-order valence-electron chi connectivity index (χ0n) is 28.7. The smallest absolute Gasteiger partial charge is 0.408 e. The highest BCUT2D eigenvalue weighted by molar-refractivity contribution is 6.74. The Morgan fingerprint density at radius 2 is 1.59 bits per heavy atom. The fraction of sp³-hybridized carbons (Fsp3) is 0.793. The average Bonchev–Trinajstić information content (AvgIpc) is 3.04. The summed E-state index contributed by atoms with van der Waals surface area (Å²) in [5.74, 6) is -4.48. The van der Waals surface area contributed by atoms with Crippen LogP contribution >= 0.6 is 0 Å². The topological polar surface area (TPSA) is 130 Å². The molecule has 1 aromatic rings. The van der Waals surface area contributed by atoms with E-state index in [0.717, 1.165) is 6.20 Å². The van der Waals surface area contributed by atoms with Crippen LogP contribution in [0.3, 0.4) is 0 Å². The summed E-state index contributed by atoms with van der Waals surface area (Å²) < 4.78 is 56.7. The molecule has 0 saturated carbocycles. The van der Waals surface area contributed by atoms with Crippen LogP contribution in [0.15, 0.2) is 17.1 Å². The van der Waals surface area contributed by atoms with Gasteiger partial charge < -0.3 is 29.0 Å². The summed E-state index contributed by atoms with van der Waals surface area (Å²) in [6, 6.07) is 0.175. The third kappa shape index (κ3) is 9.17. The van der Waals surface area contributed by atoms with Crippen LogP contribution in [0.1, 0.15) is 75.5 Å². The summed E-state index contributed by atoms with van der Waals surface area (Å²) in [6.07, 6.45) is -4.53. The van der Waals surface area contributed by atoms with Crippen molar-refractivity contribution in [2.45, 2.75) is 142 Å². The number of nitrogens with zero attached hydrogens (tertiary/aromatic N) is 2. The molecule has 2 rings (SSSR count). The van der Waals surface area contributed by atoms with Crippen LogP contribution in [0.2, 0.25) is 36.3 Å². The van der Waals surface area contributed by atoms with Gasteiger partial charge >= 0.3 is 17.7 Å². The van der Waals surface area contributed by atoms with E-state index in [-0.39, 0.29) is 22.5 Å². The molecule has 2 amide bonds. The Kier molecular flexibility index (Phi) is 11.1.